The summed E-state index contributed by atoms with van der Waals surface area (Å²) >= 11 is 0. The van der Waals surface area contributed by atoms with Crippen LogP contribution >= 0.6 is 0 Å². The molecular weight excluding hydrogens is 569 g/mol. The number of pyridine rings is 2. The third kappa shape index (κ3) is 6.31. The van der Waals surface area contributed by atoms with E-state index < -0.39 is 0 Å². The van der Waals surface area contributed by atoms with Crippen molar-refractivity contribution >= 4 is 0 Å². The largest absolute Gasteiger partial charge is 0.305 e. The molecular formula is C29H22IrN2-2. The second kappa shape index (κ2) is 11.9. The van der Waals surface area contributed by atoms with Gasteiger partial charge in [-0.15, -0.1) is 71.8 Å². The summed E-state index contributed by atoms with van der Waals surface area (Å²) in [5, 5.41) is 0. The van der Waals surface area contributed by atoms with Gasteiger partial charge < -0.3 is 9.97 Å². The standard InChI is InChI=1S/C18H14N.C11H8N.Ir/c1-14-12-17(15-8-4-2-5-9-15)13-18(19-14)16-10-6-3-7-11-16;1-2-6-10(7-3-1)11-8-4-5-9-12-11;/h2-10,12-13H,1H3;1-6,8-9H;/q2*-1;. The average molecular weight is 591 g/mol. The summed E-state index contributed by atoms with van der Waals surface area (Å²) in [6, 6.07) is 42.6. The number of benzene rings is 3. The first-order valence-electron chi connectivity index (χ1n) is 10.2. The first-order valence-corrected chi connectivity index (χ1v) is 10.2. The van der Waals surface area contributed by atoms with Gasteiger partial charge in [-0.25, -0.2) is 0 Å². The molecule has 0 unspecified atom stereocenters. The van der Waals surface area contributed by atoms with Crippen LogP contribution in [0.5, 0.6) is 0 Å². The summed E-state index contributed by atoms with van der Waals surface area (Å²) in [4.78, 5) is 8.82. The van der Waals surface area contributed by atoms with E-state index >= 15 is 0 Å². The molecule has 2 aromatic heterocycles. The Kier molecular flexibility index (Phi) is 8.62. The molecule has 0 spiro atoms. The van der Waals surface area contributed by atoms with Crippen LogP contribution in [-0.2, 0) is 20.1 Å². The molecule has 0 aliphatic rings. The van der Waals surface area contributed by atoms with Crippen LogP contribution in [0.15, 0.2) is 115 Å². The number of aryl methyl sites for hydroxylation is 1. The molecule has 5 aromatic rings. The van der Waals surface area contributed by atoms with E-state index in [9.17, 15) is 0 Å². The Morgan fingerprint density at radius 3 is 1.81 bits per heavy atom. The Morgan fingerprint density at radius 2 is 1.22 bits per heavy atom. The van der Waals surface area contributed by atoms with Gasteiger partial charge in [0, 0.05) is 32.0 Å². The third-order valence-electron chi connectivity index (χ3n) is 4.70. The van der Waals surface area contributed by atoms with Crippen LogP contribution in [0.3, 0.4) is 0 Å². The predicted molar refractivity (Wildman–Crippen MR) is 127 cm³/mol. The van der Waals surface area contributed by atoms with Crippen molar-refractivity contribution in [3.63, 3.8) is 0 Å². The molecule has 3 aromatic carbocycles. The van der Waals surface area contributed by atoms with Crippen LogP contribution < -0.4 is 0 Å². The van der Waals surface area contributed by atoms with Gasteiger partial charge in [-0.2, -0.15) is 0 Å². The van der Waals surface area contributed by atoms with E-state index in [1.165, 1.54) is 11.1 Å². The summed E-state index contributed by atoms with van der Waals surface area (Å²) in [6.07, 6.45) is 1.79. The molecule has 2 nitrogen and oxygen atoms in total. The first-order chi connectivity index (χ1) is 15.3. The summed E-state index contributed by atoms with van der Waals surface area (Å²) in [5.41, 5.74) is 7.44. The van der Waals surface area contributed by atoms with Crippen LogP contribution in [0.2, 0.25) is 0 Å². The molecule has 1 radical (unpaired) electrons. The predicted octanol–water partition coefficient (Wildman–Crippen LogP) is 7.07. The first kappa shape index (κ1) is 23.3. The van der Waals surface area contributed by atoms with E-state index in [-0.39, 0.29) is 20.1 Å². The van der Waals surface area contributed by atoms with Crippen LogP contribution in [-0.4, -0.2) is 9.97 Å². The van der Waals surface area contributed by atoms with Gasteiger partial charge in [-0.05, 0) is 41.6 Å². The third-order valence-corrected chi connectivity index (χ3v) is 4.70. The van der Waals surface area contributed by atoms with E-state index in [0.717, 1.165) is 28.2 Å². The number of hydrogen-bond acceptors (Lipinski definition) is 2. The van der Waals surface area contributed by atoms with E-state index in [4.69, 9.17) is 0 Å². The maximum Gasteiger partial charge on any atom is 0.0272 e. The minimum Gasteiger partial charge on any atom is -0.305 e. The molecule has 0 fully saturated rings. The monoisotopic (exact) mass is 591 g/mol. The molecule has 0 bridgehead atoms. The zero-order valence-electron chi connectivity index (χ0n) is 17.7. The van der Waals surface area contributed by atoms with Crippen LogP contribution in [0.4, 0.5) is 0 Å². The Hall–Kier alpha value is -3.39. The SMILES string of the molecule is Cc1cc(-c2ccccc2)cc(-c2[c-]cccc2)n1.[Ir].[c-]1ccccc1-c1ccccn1. The molecule has 0 aliphatic carbocycles. The van der Waals surface area contributed by atoms with Gasteiger partial charge in [0.2, 0.25) is 0 Å². The van der Waals surface area contributed by atoms with Gasteiger partial charge in [-0.3, -0.25) is 0 Å². The average Bonchev–Trinajstić information content (AvgIpc) is 2.86. The quantitative estimate of drug-likeness (QED) is 0.210. The van der Waals surface area contributed by atoms with Crippen molar-refractivity contribution in [1.29, 1.82) is 0 Å². The molecule has 3 heteroatoms. The van der Waals surface area contributed by atoms with Gasteiger partial charge in [0.25, 0.3) is 0 Å². The minimum absolute atomic E-state index is 0. The number of rotatable bonds is 3. The molecule has 0 saturated heterocycles. The molecule has 0 atom stereocenters. The van der Waals surface area contributed by atoms with Gasteiger partial charge in [0.05, 0.1) is 0 Å². The van der Waals surface area contributed by atoms with E-state index in [1.54, 1.807) is 6.20 Å². The number of aromatic nitrogens is 2. The fourth-order valence-electron chi connectivity index (χ4n) is 3.23. The summed E-state index contributed by atoms with van der Waals surface area (Å²) in [6.45, 7) is 2.03. The van der Waals surface area contributed by atoms with Gasteiger partial charge in [0.1, 0.15) is 0 Å². The van der Waals surface area contributed by atoms with Crippen molar-refractivity contribution in [3.8, 4) is 33.6 Å². The second-order valence-corrected chi connectivity index (χ2v) is 7.02. The zero-order valence-corrected chi connectivity index (χ0v) is 20.1. The molecule has 5 rings (SSSR count). The van der Waals surface area contributed by atoms with Crippen LogP contribution in [0.25, 0.3) is 33.6 Å². The van der Waals surface area contributed by atoms with E-state index in [2.05, 4.69) is 58.5 Å². The van der Waals surface area contributed by atoms with E-state index in [1.807, 2.05) is 79.7 Å². The molecule has 0 amide bonds. The summed E-state index contributed by atoms with van der Waals surface area (Å²) in [7, 11) is 0. The fraction of sp³-hybridized carbons (Fsp3) is 0.0345. The Morgan fingerprint density at radius 1 is 0.594 bits per heavy atom. The van der Waals surface area contributed by atoms with Crippen molar-refractivity contribution in [2.45, 2.75) is 6.92 Å². The molecule has 0 N–H and O–H groups in total. The van der Waals surface area contributed by atoms with Gasteiger partial charge in [0.15, 0.2) is 0 Å². The molecule has 32 heavy (non-hydrogen) atoms. The Balaban J connectivity index is 0.000000193. The van der Waals surface area contributed by atoms with Crippen molar-refractivity contribution in [3.05, 3.63) is 133 Å². The topological polar surface area (TPSA) is 25.8 Å². The Bertz CT molecular complexity index is 1110. The smallest absolute Gasteiger partial charge is 0.0272 e. The van der Waals surface area contributed by atoms with Crippen molar-refractivity contribution < 1.29 is 20.1 Å². The number of hydrogen-bond donors (Lipinski definition) is 0. The maximum absolute atomic E-state index is 4.60. The summed E-state index contributed by atoms with van der Waals surface area (Å²) in [5.74, 6) is 0. The maximum atomic E-state index is 4.60. The fourth-order valence-corrected chi connectivity index (χ4v) is 3.23. The van der Waals surface area contributed by atoms with Crippen LogP contribution in [0, 0.1) is 19.1 Å². The molecule has 2 heterocycles. The molecule has 159 valence electrons. The summed E-state index contributed by atoms with van der Waals surface area (Å²) < 4.78 is 0. The molecule has 0 saturated carbocycles. The van der Waals surface area contributed by atoms with Gasteiger partial charge >= 0.3 is 0 Å². The van der Waals surface area contributed by atoms with Gasteiger partial charge in [-0.1, -0.05) is 48.5 Å². The minimum atomic E-state index is 0. The van der Waals surface area contributed by atoms with Crippen LogP contribution in [0.1, 0.15) is 5.69 Å². The van der Waals surface area contributed by atoms with Crippen molar-refractivity contribution in [1.82, 2.24) is 9.97 Å². The normalized spacial score (nSPS) is 9.78. The van der Waals surface area contributed by atoms with Crippen molar-refractivity contribution in [2.75, 3.05) is 0 Å². The zero-order chi connectivity index (χ0) is 21.3. The number of nitrogens with zero attached hydrogens (tertiary/aromatic N) is 2. The Labute approximate surface area is 203 Å². The second-order valence-electron chi connectivity index (χ2n) is 7.02. The molecule has 0 aliphatic heterocycles. The van der Waals surface area contributed by atoms with E-state index in [0.29, 0.717) is 0 Å². The van der Waals surface area contributed by atoms with Crippen molar-refractivity contribution in [2.24, 2.45) is 0 Å².